The number of esters is 1. The number of rotatable bonds is 7. The average Bonchev–Trinajstić information content (AvgIpc) is 3.52. The number of amides is 1. The minimum atomic E-state index is -5.35. The quantitative estimate of drug-likeness (QED) is 0.243. The fraction of sp³-hybridized carbons (Fsp3) is 0.346. The fourth-order valence-electron chi connectivity index (χ4n) is 4.13. The lowest BCUT2D eigenvalue weighted by Crippen LogP contribution is -2.37. The van der Waals surface area contributed by atoms with Gasteiger partial charge in [-0.05, 0) is 29.0 Å². The molecular weight excluding hydrogens is 621 g/mol. The van der Waals surface area contributed by atoms with E-state index in [0.717, 1.165) is 37.9 Å². The van der Waals surface area contributed by atoms with Gasteiger partial charge in [0.05, 0.1) is 17.5 Å². The number of benzene rings is 1. The van der Waals surface area contributed by atoms with E-state index in [9.17, 15) is 36.7 Å². The molecule has 43 heavy (non-hydrogen) atoms. The van der Waals surface area contributed by atoms with Crippen molar-refractivity contribution in [3.8, 4) is 11.3 Å². The Bertz CT molecular complexity index is 1930. The molecule has 0 aliphatic rings. The largest absolute Gasteiger partial charge is 0.443 e. The highest BCUT2D eigenvalue weighted by Crippen LogP contribution is 2.37. The SMILES string of the molecule is CC(C)[C@H](N)C(=O)OCn1c(-c2ccc(F)c(C(F)(F)F)c2F)csc1=NC(=O)Cc1csc2c1c(=O)n(C)c(=O)n2C. The molecule has 3 aromatic heterocycles. The Kier molecular flexibility index (Phi) is 8.90. The number of fused-ring (bicyclic) bond motifs is 1. The van der Waals surface area contributed by atoms with Gasteiger partial charge in [-0.1, -0.05) is 13.8 Å². The number of nitrogens with two attached hydrogens (primary N) is 1. The number of halogens is 5. The normalized spacial score (nSPS) is 13.2. The number of hydrogen-bond donors (Lipinski definition) is 1. The Hall–Kier alpha value is -3.96. The van der Waals surface area contributed by atoms with Gasteiger partial charge in [0, 0.05) is 25.0 Å². The number of nitrogens with zero attached hydrogens (tertiary/aromatic N) is 4. The molecule has 0 aliphatic carbocycles. The van der Waals surface area contributed by atoms with Gasteiger partial charge in [0.15, 0.2) is 11.5 Å². The van der Waals surface area contributed by atoms with Gasteiger partial charge in [0.25, 0.3) is 11.5 Å². The van der Waals surface area contributed by atoms with E-state index in [1.807, 2.05) is 0 Å². The highest BCUT2D eigenvalue weighted by atomic mass is 32.1. The van der Waals surface area contributed by atoms with E-state index in [2.05, 4.69) is 4.99 Å². The lowest BCUT2D eigenvalue weighted by molar-refractivity contribution is -0.150. The van der Waals surface area contributed by atoms with Crippen molar-refractivity contribution in [3.05, 3.63) is 71.3 Å². The first-order chi connectivity index (χ1) is 20.0. The molecule has 17 heteroatoms. The van der Waals surface area contributed by atoms with Crippen LogP contribution in [0.25, 0.3) is 21.5 Å². The standard InChI is InChI=1S/C26H24F5N5O5S2/c1-11(2)20(32)23(39)41-10-36-15(13-5-6-14(27)18(19(13)28)26(29,30)31)9-43-24(36)33-16(37)7-12-8-42-22-17(12)21(38)34(3)25(40)35(22)4/h5-6,8-9,11,20H,7,10,32H2,1-4H3/t20-/m0/s1. The van der Waals surface area contributed by atoms with Gasteiger partial charge >= 0.3 is 17.8 Å². The Labute approximate surface area is 247 Å². The second-order valence-corrected chi connectivity index (χ2v) is 11.5. The molecule has 0 radical (unpaired) electrons. The molecule has 0 spiro atoms. The average molecular weight is 646 g/mol. The minimum Gasteiger partial charge on any atom is -0.443 e. The second kappa shape index (κ2) is 12.0. The molecule has 0 saturated carbocycles. The van der Waals surface area contributed by atoms with Crippen molar-refractivity contribution in [2.24, 2.45) is 30.7 Å². The first-order valence-corrected chi connectivity index (χ1v) is 14.2. The van der Waals surface area contributed by atoms with Gasteiger partial charge in [-0.2, -0.15) is 18.2 Å². The number of aromatic nitrogens is 3. The Balaban J connectivity index is 1.81. The molecule has 0 unspecified atom stereocenters. The summed E-state index contributed by atoms with van der Waals surface area (Å²) in [5.41, 5.74) is 1.84. The summed E-state index contributed by atoms with van der Waals surface area (Å²) in [6, 6.07) is 0.166. The summed E-state index contributed by atoms with van der Waals surface area (Å²) in [6.45, 7) is 2.59. The second-order valence-electron chi connectivity index (χ2n) is 9.80. The molecule has 1 atom stereocenters. The number of thiophene rings is 1. The lowest BCUT2D eigenvalue weighted by Gasteiger charge is -2.17. The van der Waals surface area contributed by atoms with Gasteiger partial charge in [0.1, 0.15) is 28.1 Å². The molecule has 1 aromatic carbocycles. The smallest absolute Gasteiger partial charge is 0.422 e. The molecule has 10 nitrogen and oxygen atoms in total. The van der Waals surface area contributed by atoms with E-state index in [0.29, 0.717) is 10.9 Å². The van der Waals surface area contributed by atoms with Crippen molar-refractivity contribution in [2.75, 3.05) is 0 Å². The van der Waals surface area contributed by atoms with Crippen LogP contribution in [-0.2, 0) is 47.7 Å². The summed E-state index contributed by atoms with van der Waals surface area (Å²) in [7, 11) is 2.76. The number of aryl methyl sites for hydroxylation is 1. The molecule has 4 aromatic rings. The highest BCUT2D eigenvalue weighted by Gasteiger charge is 2.39. The molecule has 4 rings (SSSR count). The van der Waals surface area contributed by atoms with Crippen LogP contribution in [0.15, 0.2) is 37.5 Å². The lowest BCUT2D eigenvalue weighted by atomic mass is 10.1. The van der Waals surface area contributed by atoms with Gasteiger partial charge < -0.3 is 10.5 Å². The number of carbonyl (C=O) groups excluding carboxylic acids is 2. The van der Waals surface area contributed by atoms with Crippen LogP contribution in [0.3, 0.4) is 0 Å². The molecule has 2 N–H and O–H groups in total. The van der Waals surface area contributed by atoms with Crippen molar-refractivity contribution < 1.29 is 36.3 Å². The molecule has 0 aliphatic heterocycles. The first-order valence-electron chi connectivity index (χ1n) is 12.4. The number of carbonyl (C=O) groups is 2. The molecular formula is C26H24F5N5O5S2. The maximum atomic E-state index is 15.1. The Morgan fingerprint density at radius 2 is 1.74 bits per heavy atom. The van der Waals surface area contributed by atoms with Crippen LogP contribution in [0.4, 0.5) is 22.0 Å². The molecule has 3 heterocycles. The van der Waals surface area contributed by atoms with Crippen LogP contribution in [0.5, 0.6) is 0 Å². The van der Waals surface area contributed by atoms with E-state index >= 15 is 4.39 Å². The molecule has 230 valence electrons. The van der Waals surface area contributed by atoms with E-state index in [-0.39, 0.29) is 27.4 Å². The van der Waals surface area contributed by atoms with Crippen LogP contribution >= 0.6 is 22.7 Å². The van der Waals surface area contributed by atoms with Crippen LogP contribution in [0.1, 0.15) is 25.0 Å². The topological polar surface area (TPSA) is 131 Å². The van der Waals surface area contributed by atoms with Crippen LogP contribution < -0.4 is 21.8 Å². The summed E-state index contributed by atoms with van der Waals surface area (Å²) in [5.74, 6) is -5.75. The minimum absolute atomic E-state index is 0.141. The van der Waals surface area contributed by atoms with E-state index in [1.165, 1.54) is 29.4 Å². The number of alkyl halides is 3. The number of thiazole rings is 1. The summed E-state index contributed by atoms with van der Waals surface area (Å²) in [6.07, 6.45) is -5.75. The molecule has 1 amide bonds. The summed E-state index contributed by atoms with van der Waals surface area (Å²) in [5, 5.41) is 2.83. The van der Waals surface area contributed by atoms with Crippen molar-refractivity contribution in [3.63, 3.8) is 0 Å². The molecule has 0 fully saturated rings. The van der Waals surface area contributed by atoms with Gasteiger partial charge in [-0.3, -0.25) is 28.1 Å². The zero-order valence-corrected chi connectivity index (χ0v) is 24.6. The van der Waals surface area contributed by atoms with Crippen molar-refractivity contribution in [2.45, 2.75) is 39.2 Å². The van der Waals surface area contributed by atoms with Crippen LogP contribution in [-0.4, -0.2) is 31.6 Å². The maximum Gasteiger partial charge on any atom is 0.422 e. The van der Waals surface area contributed by atoms with Gasteiger partial charge in [-0.25, -0.2) is 13.6 Å². The predicted molar refractivity (Wildman–Crippen MR) is 148 cm³/mol. The summed E-state index contributed by atoms with van der Waals surface area (Å²) < 4.78 is 77.7. The van der Waals surface area contributed by atoms with Crippen molar-refractivity contribution in [1.29, 1.82) is 0 Å². The van der Waals surface area contributed by atoms with E-state index in [4.69, 9.17) is 10.5 Å². The Morgan fingerprint density at radius 3 is 2.37 bits per heavy atom. The third kappa shape index (κ3) is 6.09. The Morgan fingerprint density at radius 1 is 1.07 bits per heavy atom. The first kappa shape index (κ1) is 32.0. The monoisotopic (exact) mass is 645 g/mol. The van der Waals surface area contributed by atoms with Gasteiger partial charge in [-0.15, -0.1) is 22.7 Å². The third-order valence-electron chi connectivity index (χ3n) is 6.58. The van der Waals surface area contributed by atoms with Crippen molar-refractivity contribution >= 4 is 44.8 Å². The van der Waals surface area contributed by atoms with E-state index in [1.54, 1.807) is 13.8 Å². The summed E-state index contributed by atoms with van der Waals surface area (Å²) >= 11 is 1.79. The fourth-order valence-corrected chi connectivity index (χ4v) is 6.06. The van der Waals surface area contributed by atoms with Crippen molar-refractivity contribution in [1.82, 2.24) is 13.7 Å². The van der Waals surface area contributed by atoms with Crippen LogP contribution in [0, 0.1) is 17.6 Å². The zero-order valence-electron chi connectivity index (χ0n) is 23.0. The maximum absolute atomic E-state index is 15.1. The molecule has 0 bridgehead atoms. The molecule has 0 saturated heterocycles. The third-order valence-corrected chi connectivity index (χ3v) is 8.55. The predicted octanol–water partition coefficient (Wildman–Crippen LogP) is 3.28. The van der Waals surface area contributed by atoms with E-state index < -0.39 is 71.3 Å². The van der Waals surface area contributed by atoms with Gasteiger partial charge in [0.2, 0.25) is 0 Å². The van der Waals surface area contributed by atoms with Crippen LogP contribution in [0.2, 0.25) is 0 Å². The highest BCUT2D eigenvalue weighted by molar-refractivity contribution is 7.17. The number of ether oxygens (including phenoxy) is 1. The number of hydrogen-bond acceptors (Lipinski definition) is 8. The summed E-state index contributed by atoms with van der Waals surface area (Å²) in [4.78, 5) is 54.6. The zero-order chi connectivity index (χ0) is 32.0.